The van der Waals surface area contributed by atoms with Gasteiger partial charge in [-0.15, -0.1) is 0 Å². The lowest BCUT2D eigenvalue weighted by molar-refractivity contribution is 0.0107. The van der Waals surface area contributed by atoms with Crippen LogP contribution in [0.3, 0.4) is 0 Å². The highest BCUT2D eigenvalue weighted by molar-refractivity contribution is 5.90. The molecule has 3 N–H and O–H groups in total. The summed E-state index contributed by atoms with van der Waals surface area (Å²) in [6.07, 6.45) is 11.1. The van der Waals surface area contributed by atoms with Gasteiger partial charge in [-0.3, -0.25) is 4.98 Å². The van der Waals surface area contributed by atoms with Crippen molar-refractivity contribution in [1.82, 2.24) is 4.98 Å². The smallest absolute Gasteiger partial charge is 0.335 e. The molecule has 5 heteroatoms. The predicted octanol–water partition coefficient (Wildman–Crippen LogP) is 4.77. The van der Waals surface area contributed by atoms with Crippen LogP contribution in [0, 0.1) is 17.8 Å². The Labute approximate surface area is 167 Å². The van der Waals surface area contributed by atoms with E-state index in [1.54, 1.807) is 30.6 Å². The van der Waals surface area contributed by atoms with E-state index in [4.69, 9.17) is 1.37 Å². The van der Waals surface area contributed by atoms with Gasteiger partial charge in [0.1, 0.15) is 0 Å². The lowest BCUT2D eigenvalue weighted by Gasteiger charge is -2.57. The lowest BCUT2D eigenvalue weighted by atomic mass is 9.53. The minimum absolute atomic E-state index is 0.113. The van der Waals surface area contributed by atoms with Crippen LogP contribution >= 0.6 is 0 Å². The molecule has 1 atom stereocenters. The first-order valence-electron chi connectivity index (χ1n) is 10.8. The zero-order valence-corrected chi connectivity index (χ0v) is 15.9. The van der Waals surface area contributed by atoms with Gasteiger partial charge in [0.2, 0.25) is 0 Å². The van der Waals surface area contributed by atoms with Crippen molar-refractivity contribution in [3.63, 3.8) is 0 Å². The second-order valence-electron chi connectivity index (χ2n) is 8.96. The highest BCUT2D eigenvalue weighted by Crippen LogP contribution is 2.56. The Morgan fingerprint density at radius 3 is 2.46 bits per heavy atom. The van der Waals surface area contributed by atoms with Crippen molar-refractivity contribution < 1.29 is 11.3 Å². The van der Waals surface area contributed by atoms with Crippen LogP contribution in [0.5, 0.6) is 0 Å². The van der Waals surface area contributed by atoms with E-state index in [0.29, 0.717) is 5.69 Å². The maximum atomic E-state index is 11.5. The molecule has 4 aliphatic rings. The molecule has 0 spiro atoms. The van der Waals surface area contributed by atoms with Gasteiger partial charge in [0.05, 0.1) is 18.3 Å². The molecule has 1 aromatic heterocycles. The van der Waals surface area contributed by atoms with Crippen molar-refractivity contribution in [3.8, 4) is 0 Å². The molecule has 28 heavy (non-hydrogen) atoms. The Morgan fingerprint density at radius 1 is 1.14 bits per heavy atom. The van der Waals surface area contributed by atoms with Crippen LogP contribution in [-0.2, 0) is 6.52 Å². The Morgan fingerprint density at radius 2 is 1.86 bits per heavy atom. The van der Waals surface area contributed by atoms with Crippen molar-refractivity contribution in [3.05, 3.63) is 53.9 Å². The number of nitrogens with zero attached hydrogens (tertiary/aromatic N) is 1. The first-order valence-corrected chi connectivity index (χ1v) is 10.2. The number of anilines is 2. The summed E-state index contributed by atoms with van der Waals surface area (Å²) in [6.45, 7) is -0.718. The summed E-state index contributed by atoms with van der Waals surface area (Å²) in [4.78, 5) is 15.6. The maximum absolute atomic E-state index is 11.5. The normalized spacial score (nSPS) is 31.9. The molecule has 1 unspecified atom stereocenters. The predicted molar refractivity (Wildman–Crippen MR) is 109 cm³/mol. The summed E-state index contributed by atoms with van der Waals surface area (Å²) in [6, 6.07) is 8.81. The number of aromatic nitrogens is 1. The van der Waals surface area contributed by atoms with Gasteiger partial charge < -0.3 is 15.7 Å². The number of nitrogens with one attached hydrogen (secondary N) is 2. The zero-order valence-electron chi connectivity index (χ0n) is 16.9. The van der Waals surface area contributed by atoms with Crippen molar-refractivity contribution in [1.29, 1.82) is 0 Å². The summed E-state index contributed by atoms with van der Waals surface area (Å²) >= 11 is 0. The van der Waals surface area contributed by atoms with Crippen molar-refractivity contribution in [2.45, 2.75) is 50.6 Å². The third kappa shape index (κ3) is 3.34. The van der Waals surface area contributed by atoms with Gasteiger partial charge in [-0.05, 0) is 86.1 Å². The fourth-order valence-electron chi connectivity index (χ4n) is 6.08. The number of pyridine rings is 1. The van der Waals surface area contributed by atoms with Crippen LogP contribution in [0.2, 0.25) is 0 Å². The van der Waals surface area contributed by atoms with Crippen molar-refractivity contribution in [2.24, 2.45) is 17.8 Å². The fourth-order valence-corrected chi connectivity index (χ4v) is 6.08. The zero-order chi connectivity index (χ0) is 20.0. The number of aromatic carboxylic acids is 1. The summed E-state index contributed by atoms with van der Waals surface area (Å²) in [5, 5.41) is 16.5. The average Bonchev–Trinajstić information content (AvgIpc) is 2.68. The van der Waals surface area contributed by atoms with Crippen LogP contribution in [-0.4, -0.2) is 21.6 Å². The summed E-state index contributed by atoms with van der Waals surface area (Å²) in [7, 11) is 0. The molecule has 4 aliphatic carbocycles. The van der Waals surface area contributed by atoms with E-state index in [9.17, 15) is 9.90 Å². The van der Waals surface area contributed by atoms with Crippen molar-refractivity contribution in [2.75, 3.05) is 10.6 Å². The van der Waals surface area contributed by atoms with Crippen LogP contribution in [0.25, 0.3) is 0 Å². The van der Waals surface area contributed by atoms with Gasteiger partial charge >= 0.3 is 5.97 Å². The van der Waals surface area contributed by atoms with Crippen LogP contribution in [0.15, 0.2) is 42.7 Å². The van der Waals surface area contributed by atoms with Gasteiger partial charge in [0, 0.05) is 24.5 Å². The summed E-state index contributed by atoms with van der Waals surface area (Å²) < 4.78 is 8.49. The SMILES string of the molecule is [2H]C(Nc1cc(C(=O)O)ccc1NC12CC3CC(CC(C3)C1)C2)c1cccnc1. The van der Waals surface area contributed by atoms with Crippen LogP contribution in [0.4, 0.5) is 11.4 Å². The average molecular weight is 378 g/mol. The van der Waals surface area contributed by atoms with Crippen LogP contribution < -0.4 is 10.6 Å². The lowest BCUT2D eigenvalue weighted by Crippen LogP contribution is -2.54. The van der Waals surface area contributed by atoms with Gasteiger partial charge in [-0.25, -0.2) is 4.79 Å². The summed E-state index contributed by atoms with van der Waals surface area (Å²) in [5.74, 6) is 1.51. The van der Waals surface area contributed by atoms with E-state index >= 15 is 0 Å². The third-order valence-corrected chi connectivity index (χ3v) is 6.78. The highest BCUT2D eigenvalue weighted by atomic mass is 16.4. The molecule has 0 aliphatic heterocycles. The molecule has 146 valence electrons. The molecule has 4 fully saturated rings. The van der Waals surface area contributed by atoms with Gasteiger partial charge in [-0.2, -0.15) is 0 Å². The molecular formula is C23H27N3O2. The minimum Gasteiger partial charge on any atom is -0.478 e. The Hall–Kier alpha value is -2.56. The number of carboxylic acid groups (broad SMARTS) is 1. The fraction of sp³-hybridized carbons (Fsp3) is 0.478. The molecular weight excluding hydrogens is 350 g/mol. The molecule has 6 rings (SSSR count). The molecule has 0 radical (unpaired) electrons. The second-order valence-corrected chi connectivity index (χ2v) is 8.96. The Balaban J connectivity index is 1.44. The first-order chi connectivity index (χ1) is 14.0. The molecule has 2 aromatic rings. The number of carbonyl (C=O) groups is 1. The van der Waals surface area contributed by atoms with E-state index in [1.807, 2.05) is 12.1 Å². The third-order valence-electron chi connectivity index (χ3n) is 6.78. The molecule has 4 saturated carbocycles. The maximum Gasteiger partial charge on any atom is 0.335 e. The largest absolute Gasteiger partial charge is 0.478 e. The molecule has 5 nitrogen and oxygen atoms in total. The standard InChI is InChI=1S/C23H27N3O2/c27-22(28)19-3-4-20(21(9-19)25-14-15-2-1-5-24-13-15)26-23-10-16-6-17(11-23)8-18(7-16)12-23/h1-5,9,13,16-18,25-26H,6-8,10-12,14H2,(H,27,28)/i14D. The van der Waals surface area contributed by atoms with E-state index in [0.717, 1.165) is 29.0 Å². The molecule has 0 amide bonds. The molecule has 4 bridgehead atoms. The number of hydrogen-bond acceptors (Lipinski definition) is 4. The van der Waals surface area contributed by atoms with Gasteiger partial charge in [0.25, 0.3) is 0 Å². The molecule has 1 aromatic carbocycles. The summed E-state index contributed by atoms with van der Waals surface area (Å²) in [5.41, 5.74) is 2.65. The monoisotopic (exact) mass is 378 g/mol. The second kappa shape index (κ2) is 6.80. The van der Waals surface area contributed by atoms with Crippen LogP contribution in [0.1, 0.15) is 55.8 Å². The first kappa shape index (κ1) is 16.4. The van der Waals surface area contributed by atoms with Gasteiger partial charge in [0.15, 0.2) is 0 Å². The quantitative estimate of drug-likeness (QED) is 0.675. The van der Waals surface area contributed by atoms with E-state index in [1.165, 1.54) is 38.5 Å². The van der Waals surface area contributed by atoms with Gasteiger partial charge in [-0.1, -0.05) is 6.07 Å². The number of carboxylic acids is 1. The Bertz CT molecular complexity index is 882. The minimum atomic E-state index is -0.961. The number of hydrogen-bond donors (Lipinski definition) is 3. The Kier molecular flexibility index (Phi) is 3.98. The number of benzene rings is 1. The molecule has 0 saturated heterocycles. The van der Waals surface area contributed by atoms with Crippen molar-refractivity contribution >= 4 is 17.3 Å². The molecule has 1 heterocycles. The topological polar surface area (TPSA) is 74.2 Å². The van der Waals surface area contributed by atoms with E-state index < -0.39 is 12.5 Å². The highest BCUT2D eigenvalue weighted by Gasteiger charge is 2.51. The van der Waals surface area contributed by atoms with E-state index in [2.05, 4.69) is 15.6 Å². The number of rotatable bonds is 6. The van der Waals surface area contributed by atoms with E-state index in [-0.39, 0.29) is 11.1 Å².